The topological polar surface area (TPSA) is 122 Å². The number of aryl methyl sites for hydroxylation is 1. The highest BCUT2D eigenvalue weighted by Gasteiger charge is 2.27. The number of halogens is 2. The van der Waals surface area contributed by atoms with Crippen LogP contribution < -0.4 is 25.7 Å². The second-order valence-corrected chi connectivity index (χ2v) is 15.2. The Hall–Kier alpha value is -2.67. The van der Waals surface area contributed by atoms with E-state index < -0.39 is 15.1 Å². The van der Waals surface area contributed by atoms with Gasteiger partial charge in [-0.1, -0.05) is 17.1 Å². The minimum absolute atomic E-state index is 0.0134. The van der Waals surface area contributed by atoms with E-state index in [1.54, 1.807) is 32.0 Å². The van der Waals surface area contributed by atoms with Crippen molar-refractivity contribution >= 4 is 75.9 Å². The molecule has 0 bridgehead atoms. The summed E-state index contributed by atoms with van der Waals surface area (Å²) in [6.07, 6.45) is 2.18. The van der Waals surface area contributed by atoms with Crippen LogP contribution in [-0.4, -0.2) is 42.8 Å². The van der Waals surface area contributed by atoms with E-state index in [2.05, 4.69) is 76.8 Å². The summed E-state index contributed by atoms with van der Waals surface area (Å²) in [6.45, 7) is 11.6. The third kappa shape index (κ3) is 6.31. The van der Waals surface area contributed by atoms with Crippen molar-refractivity contribution in [3.63, 3.8) is 0 Å². The first kappa shape index (κ1) is 30.8. The van der Waals surface area contributed by atoms with Crippen molar-refractivity contribution in [2.24, 2.45) is 0 Å². The molecule has 0 spiro atoms. The van der Waals surface area contributed by atoms with Gasteiger partial charge in [0.1, 0.15) is 21.7 Å². The van der Waals surface area contributed by atoms with Gasteiger partial charge in [-0.2, -0.15) is 0 Å². The maximum Gasteiger partial charge on any atom is 0.351 e. The summed E-state index contributed by atoms with van der Waals surface area (Å²) in [5, 5.41) is 10.4. The smallest absolute Gasteiger partial charge is 0.351 e. The average Bonchev–Trinajstić information content (AvgIpc) is 3.23. The van der Waals surface area contributed by atoms with Crippen molar-refractivity contribution in [2.45, 2.75) is 69.6 Å². The number of hydrogen-bond acceptors (Lipinski definition) is 7. The number of ether oxygens (including phenoxy) is 1. The Balaban J connectivity index is 1.59. The van der Waals surface area contributed by atoms with Crippen LogP contribution in [0.4, 0.5) is 23.1 Å². The molecule has 224 valence electrons. The maximum absolute atomic E-state index is 13.2. The number of nitrogens with zero attached hydrogens (tertiary/aromatic N) is 1. The number of nitrogens with one attached hydrogen (secondary N) is 5. The predicted octanol–water partition coefficient (Wildman–Crippen LogP) is 7.13. The van der Waals surface area contributed by atoms with Gasteiger partial charge in [-0.25, -0.2) is 13.4 Å². The molecule has 0 amide bonds. The molecule has 42 heavy (non-hydrogen) atoms. The summed E-state index contributed by atoms with van der Waals surface area (Å²) < 4.78 is 34.1. The normalized spacial score (nSPS) is 14.6. The minimum atomic E-state index is -3.54. The fraction of sp³-hybridized carbons (Fsp3) is 0.400. The molecule has 5 rings (SSSR count). The van der Waals surface area contributed by atoms with Gasteiger partial charge in [0.15, 0.2) is 15.6 Å². The molecule has 2 aromatic carbocycles. The lowest BCUT2D eigenvalue weighted by atomic mass is 9.87. The van der Waals surface area contributed by atoms with Gasteiger partial charge in [-0.3, -0.25) is 10.6 Å². The molecule has 1 aliphatic rings. The monoisotopic (exact) mass is 719 g/mol. The maximum atomic E-state index is 13.2. The average molecular weight is 722 g/mol. The molecule has 0 aliphatic carbocycles. The molecule has 0 saturated carbocycles. The Kier molecular flexibility index (Phi) is 9.17. The Morgan fingerprint density at radius 1 is 1.05 bits per heavy atom. The molecule has 0 unspecified atom stereocenters. The molecular formula is C30H37Br2N6O3S+. The highest BCUT2D eigenvalue weighted by molar-refractivity contribution is 9.13. The van der Waals surface area contributed by atoms with Gasteiger partial charge in [0.25, 0.3) is 0 Å². The Bertz CT molecular complexity index is 1720. The number of anilines is 4. The highest BCUT2D eigenvalue weighted by atomic mass is 79.9. The lowest BCUT2D eigenvalue weighted by molar-refractivity contribution is -0.345. The van der Waals surface area contributed by atoms with Crippen LogP contribution >= 0.6 is 31.9 Å². The van der Waals surface area contributed by atoms with Crippen molar-refractivity contribution in [1.82, 2.24) is 15.3 Å². The predicted molar refractivity (Wildman–Crippen MR) is 175 cm³/mol. The van der Waals surface area contributed by atoms with Crippen molar-refractivity contribution in [2.75, 3.05) is 23.7 Å². The Morgan fingerprint density at radius 3 is 2.45 bits per heavy atom. The number of sulfone groups is 1. The molecule has 0 radical (unpaired) electrons. The van der Waals surface area contributed by atoms with E-state index in [1.165, 1.54) is 11.1 Å². The Labute approximate surface area is 263 Å². The number of H-pyrrole nitrogens is 2. The molecule has 3 heterocycles. The van der Waals surface area contributed by atoms with Crippen LogP contribution in [0.15, 0.2) is 50.4 Å². The molecule has 12 heteroatoms. The van der Waals surface area contributed by atoms with E-state index in [0.29, 0.717) is 33.6 Å². The summed E-state index contributed by atoms with van der Waals surface area (Å²) in [6, 6.07) is 11.2. The number of piperidine rings is 1. The third-order valence-electron chi connectivity index (χ3n) is 7.43. The van der Waals surface area contributed by atoms with Gasteiger partial charge < -0.3 is 15.0 Å². The van der Waals surface area contributed by atoms with E-state index >= 15 is 0 Å². The molecule has 2 aromatic heterocycles. The van der Waals surface area contributed by atoms with Crippen molar-refractivity contribution in [3.8, 4) is 5.75 Å². The van der Waals surface area contributed by atoms with Gasteiger partial charge in [0.2, 0.25) is 11.5 Å². The molecule has 5 N–H and O–H groups in total. The van der Waals surface area contributed by atoms with E-state index in [0.717, 1.165) is 47.2 Å². The van der Waals surface area contributed by atoms with Crippen molar-refractivity contribution < 1.29 is 18.1 Å². The number of rotatable bonds is 9. The first-order valence-corrected chi connectivity index (χ1v) is 17.3. The zero-order valence-electron chi connectivity index (χ0n) is 24.4. The summed E-state index contributed by atoms with van der Waals surface area (Å²) in [5.74, 6) is 2.27. The molecule has 0 atom stereocenters. The molecule has 9 nitrogen and oxygen atoms in total. The molecule has 1 saturated heterocycles. The van der Waals surface area contributed by atoms with Crippen LogP contribution in [0, 0.1) is 6.92 Å². The second kappa shape index (κ2) is 12.5. The number of para-hydroxylation sites is 1. The third-order valence-corrected chi connectivity index (χ3v) is 11.6. The summed E-state index contributed by atoms with van der Waals surface area (Å²) >= 11 is 7.19. The zero-order valence-corrected chi connectivity index (χ0v) is 28.3. The standard InChI is InChI=1S/C30H36Br2N6O3S/c1-16(2)41-23-15-20(19-10-12-33-13-11-19)18(5)14-22(23)35-30-37-28(25-26(31)27(32)36-29(25)38-30)34-21-8-6-7-9-24(21)42(39,40)17(3)4/h6-9,14-17,19,33H,10-13H2,1-5H3,(H3,34,35,36,37,38)/p+1. The second-order valence-electron chi connectivity index (χ2n) is 11.2. The molecule has 1 fully saturated rings. The molecular weight excluding hydrogens is 684 g/mol. The summed E-state index contributed by atoms with van der Waals surface area (Å²) in [4.78, 5) is 11.7. The van der Waals surface area contributed by atoms with Gasteiger partial charge in [-0.15, -0.1) is 0 Å². The fourth-order valence-corrected chi connectivity index (χ4v) is 7.35. The van der Waals surface area contributed by atoms with Crippen molar-refractivity contribution in [3.05, 3.63) is 56.6 Å². The van der Waals surface area contributed by atoms with E-state index in [-0.39, 0.29) is 11.0 Å². The van der Waals surface area contributed by atoms with Crippen LogP contribution in [-0.2, 0) is 9.84 Å². The lowest BCUT2D eigenvalue weighted by Crippen LogP contribution is -2.27. The minimum Gasteiger partial charge on any atom is -0.488 e. The number of aromatic amines is 2. The first-order chi connectivity index (χ1) is 20.0. The number of fused-ring (bicyclic) bond motifs is 1. The van der Waals surface area contributed by atoms with Crippen molar-refractivity contribution in [1.29, 1.82) is 0 Å². The number of aromatic nitrogens is 3. The Morgan fingerprint density at radius 2 is 1.76 bits per heavy atom. The summed E-state index contributed by atoms with van der Waals surface area (Å²) in [7, 11) is -3.54. The van der Waals surface area contributed by atoms with Gasteiger partial charge in [0, 0.05) is 0 Å². The summed E-state index contributed by atoms with van der Waals surface area (Å²) in [5.41, 5.74) is 4.36. The van der Waals surface area contributed by atoms with Crippen LogP contribution in [0.5, 0.6) is 5.75 Å². The lowest BCUT2D eigenvalue weighted by Gasteiger charge is -2.26. The van der Waals surface area contributed by atoms with E-state index in [1.807, 2.05) is 19.9 Å². The van der Waals surface area contributed by atoms with Gasteiger partial charge in [0.05, 0.1) is 20.4 Å². The fourth-order valence-electron chi connectivity index (χ4n) is 5.28. The first-order valence-electron chi connectivity index (χ1n) is 14.1. The SMILES string of the molecule is Cc1cc(Nc2nc3[nH]c(Br)c(Br)c3c(Nc3ccccc3S(=O)(=O)C(C)C)[nH+]2)c(OC(C)C)cc1C1CCNCC1. The zero-order chi connectivity index (χ0) is 30.2. The largest absolute Gasteiger partial charge is 0.488 e. The molecule has 1 aliphatic heterocycles. The van der Waals surface area contributed by atoms with Crippen LogP contribution in [0.1, 0.15) is 57.6 Å². The van der Waals surface area contributed by atoms with E-state index in [4.69, 9.17) is 9.72 Å². The van der Waals surface area contributed by atoms with E-state index in [9.17, 15) is 8.42 Å². The van der Waals surface area contributed by atoms with Crippen LogP contribution in [0.2, 0.25) is 0 Å². The van der Waals surface area contributed by atoms with Crippen LogP contribution in [0.3, 0.4) is 0 Å². The van der Waals surface area contributed by atoms with Gasteiger partial charge in [-0.05, 0) is 134 Å². The number of hydrogen-bond donors (Lipinski definition) is 4. The molecule has 4 aromatic rings. The quantitative estimate of drug-likeness (QED) is 0.145. The van der Waals surface area contributed by atoms with Crippen LogP contribution in [0.25, 0.3) is 11.0 Å². The van der Waals surface area contributed by atoms with Gasteiger partial charge >= 0.3 is 5.95 Å². The highest BCUT2D eigenvalue weighted by Crippen LogP contribution is 2.39. The number of benzene rings is 2.